The number of hydrogen-bond acceptors (Lipinski definition) is 6. The first-order valence-corrected chi connectivity index (χ1v) is 8.29. The van der Waals surface area contributed by atoms with Crippen molar-refractivity contribution in [2.75, 3.05) is 13.7 Å². The van der Waals surface area contributed by atoms with Gasteiger partial charge in [-0.05, 0) is 32.8 Å². The second-order valence-electron chi connectivity index (χ2n) is 6.19. The van der Waals surface area contributed by atoms with Gasteiger partial charge in [-0.1, -0.05) is 30.3 Å². The van der Waals surface area contributed by atoms with E-state index < -0.39 is 24.0 Å². The van der Waals surface area contributed by atoms with Crippen LogP contribution >= 0.6 is 0 Å². The molecule has 1 aromatic rings. The molecule has 0 spiro atoms. The van der Waals surface area contributed by atoms with Gasteiger partial charge in [-0.2, -0.15) is 0 Å². The van der Waals surface area contributed by atoms with Crippen molar-refractivity contribution in [3.63, 3.8) is 0 Å². The lowest BCUT2D eigenvalue weighted by atomic mass is 9.83. The molecule has 134 valence electrons. The number of esters is 1. The number of carbonyl (C=O) groups is 1. The van der Waals surface area contributed by atoms with Gasteiger partial charge in [0.25, 0.3) is 0 Å². The molecule has 6 heteroatoms. The maximum Gasteiger partial charge on any atom is 0.322 e. The van der Waals surface area contributed by atoms with Gasteiger partial charge in [0.1, 0.15) is 11.6 Å². The standard InChI is InChI=1S/C18H27NO5/c1-5-23-16(21)12(2)19-14-11-15(20)18(3,24-17(14)22-4)13-9-7-6-8-10-13/h6-10,12,14-15,17,19-20H,5,11H2,1-4H3/t12-,14-,15+,17+,18+/m0/s1. The summed E-state index contributed by atoms with van der Waals surface area (Å²) in [4.78, 5) is 11.8. The Morgan fingerprint density at radius 2 is 2.12 bits per heavy atom. The number of carbonyl (C=O) groups excluding carboxylic acids is 1. The molecule has 6 nitrogen and oxygen atoms in total. The number of nitrogens with one attached hydrogen (secondary N) is 1. The van der Waals surface area contributed by atoms with Gasteiger partial charge in [-0.3, -0.25) is 10.1 Å². The highest BCUT2D eigenvalue weighted by molar-refractivity contribution is 5.75. The Morgan fingerprint density at radius 3 is 2.71 bits per heavy atom. The van der Waals surface area contributed by atoms with Crippen molar-refractivity contribution >= 4 is 5.97 Å². The summed E-state index contributed by atoms with van der Waals surface area (Å²) in [6.45, 7) is 5.67. The Balaban J connectivity index is 2.12. The van der Waals surface area contributed by atoms with Gasteiger partial charge in [0.15, 0.2) is 6.29 Å². The zero-order valence-electron chi connectivity index (χ0n) is 14.7. The molecule has 5 atom stereocenters. The van der Waals surface area contributed by atoms with E-state index in [1.165, 1.54) is 0 Å². The number of benzene rings is 1. The summed E-state index contributed by atoms with van der Waals surface area (Å²) < 4.78 is 16.6. The minimum Gasteiger partial charge on any atom is -0.465 e. The largest absolute Gasteiger partial charge is 0.465 e. The van der Waals surface area contributed by atoms with Crippen LogP contribution in [-0.2, 0) is 24.6 Å². The lowest BCUT2D eigenvalue weighted by Crippen LogP contribution is -2.59. The minimum atomic E-state index is -0.868. The summed E-state index contributed by atoms with van der Waals surface area (Å²) in [5, 5.41) is 13.8. The predicted molar refractivity (Wildman–Crippen MR) is 89.3 cm³/mol. The molecular weight excluding hydrogens is 310 g/mol. The van der Waals surface area contributed by atoms with E-state index in [1.54, 1.807) is 21.0 Å². The lowest BCUT2D eigenvalue weighted by molar-refractivity contribution is -0.272. The Bertz CT molecular complexity index is 537. The van der Waals surface area contributed by atoms with Crippen molar-refractivity contribution in [2.24, 2.45) is 0 Å². The van der Waals surface area contributed by atoms with Gasteiger partial charge in [0, 0.05) is 7.11 Å². The van der Waals surface area contributed by atoms with Crippen LogP contribution in [-0.4, -0.2) is 49.3 Å². The monoisotopic (exact) mass is 337 g/mol. The van der Waals surface area contributed by atoms with E-state index in [2.05, 4.69) is 5.32 Å². The molecule has 0 bridgehead atoms. The first-order chi connectivity index (χ1) is 11.4. The van der Waals surface area contributed by atoms with Crippen molar-refractivity contribution < 1.29 is 24.1 Å². The average molecular weight is 337 g/mol. The van der Waals surface area contributed by atoms with E-state index in [0.29, 0.717) is 13.0 Å². The van der Waals surface area contributed by atoms with Crippen LogP contribution in [0.4, 0.5) is 0 Å². The van der Waals surface area contributed by atoms with Gasteiger partial charge in [0.05, 0.1) is 18.8 Å². The molecule has 2 rings (SSSR count). The molecule has 0 saturated carbocycles. The molecule has 1 fully saturated rings. The van der Waals surface area contributed by atoms with Crippen molar-refractivity contribution in [3.05, 3.63) is 35.9 Å². The van der Waals surface area contributed by atoms with Crippen LogP contribution in [0, 0.1) is 0 Å². The maximum absolute atomic E-state index is 11.8. The number of hydrogen-bond donors (Lipinski definition) is 2. The number of ether oxygens (including phenoxy) is 3. The molecule has 0 amide bonds. The molecule has 0 aliphatic carbocycles. The van der Waals surface area contributed by atoms with E-state index >= 15 is 0 Å². The Kier molecular flexibility index (Phi) is 6.34. The van der Waals surface area contributed by atoms with Crippen molar-refractivity contribution in [1.29, 1.82) is 0 Å². The summed E-state index contributed by atoms with van der Waals surface area (Å²) >= 11 is 0. The topological polar surface area (TPSA) is 77.0 Å². The normalized spacial score (nSPS) is 31.5. The molecule has 0 unspecified atom stereocenters. The second kappa shape index (κ2) is 8.07. The first-order valence-electron chi connectivity index (χ1n) is 8.29. The number of aliphatic hydroxyl groups excluding tert-OH is 1. The third kappa shape index (κ3) is 3.95. The fourth-order valence-electron chi connectivity index (χ4n) is 3.02. The average Bonchev–Trinajstić information content (AvgIpc) is 2.59. The van der Waals surface area contributed by atoms with E-state index in [1.807, 2.05) is 37.3 Å². The van der Waals surface area contributed by atoms with Crippen LogP contribution in [0.2, 0.25) is 0 Å². The highest BCUT2D eigenvalue weighted by atomic mass is 16.7. The third-order valence-corrected chi connectivity index (χ3v) is 4.49. The molecule has 1 aliphatic rings. The fourth-order valence-corrected chi connectivity index (χ4v) is 3.02. The van der Waals surface area contributed by atoms with Crippen molar-refractivity contribution in [1.82, 2.24) is 5.32 Å². The number of methoxy groups -OCH3 is 1. The molecule has 1 aliphatic heterocycles. The first kappa shape index (κ1) is 18.9. The molecular formula is C18H27NO5. The third-order valence-electron chi connectivity index (χ3n) is 4.49. The summed E-state index contributed by atoms with van der Waals surface area (Å²) in [7, 11) is 1.55. The molecule has 24 heavy (non-hydrogen) atoms. The molecule has 1 aromatic carbocycles. The summed E-state index contributed by atoms with van der Waals surface area (Å²) in [6, 6.07) is 8.75. The van der Waals surface area contributed by atoms with E-state index in [9.17, 15) is 9.90 Å². The predicted octanol–water partition coefficient (Wildman–Crippen LogP) is 1.57. The molecule has 1 heterocycles. The SMILES string of the molecule is CCOC(=O)[C@H](C)N[C@H]1C[C@@H](O)[C@@](C)(c2ccccc2)O[C@H]1OC. The van der Waals surface area contributed by atoms with E-state index in [0.717, 1.165) is 5.56 Å². The van der Waals surface area contributed by atoms with Crippen LogP contribution in [0.5, 0.6) is 0 Å². The van der Waals surface area contributed by atoms with Crippen molar-refractivity contribution in [3.8, 4) is 0 Å². The van der Waals surface area contributed by atoms with E-state index in [-0.39, 0.29) is 12.0 Å². The van der Waals surface area contributed by atoms with Gasteiger partial charge in [-0.15, -0.1) is 0 Å². The zero-order chi connectivity index (χ0) is 17.7. The van der Waals surface area contributed by atoms with E-state index in [4.69, 9.17) is 14.2 Å². The quantitative estimate of drug-likeness (QED) is 0.767. The summed E-state index contributed by atoms with van der Waals surface area (Å²) in [6.07, 6.45) is -0.929. The Labute approximate surface area is 143 Å². The van der Waals surface area contributed by atoms with Gasteiger partial charge in [-0.25, -0.2) is 0 Å². The lowest BCUT2D eigenvalue weighted by Gasteiger charge is -2.46. The van der Waals surface area contributed by atoms with Crippen LogP contribution in [0.25, 0.3) is 0 Å². The van der Waals surface area contributed by atoms with Crippen LogP contribution in [0.15, 0.2) is 30.3 Å². The maximum atomic E-state index is 11.8. The molecule has 0 aromatic heterocycles. The fraction of sp³-hybridized carbons (Fsp3) is 0.611. The van der Waals surface area contributed by atoms with Gasteiger partial charge >= 0.3 is 5.97 Å². The minimum absolute atomic E-state index is 0.318. The Hall–Kier alpha value is -1.47. The Morgan fingerprint density at radius 1 is 1.46 bits per heavy atom. The molecule has 2 N–H and O–H groups in total. The highest BCUT2D eigenvalue weighted by Crippen LogP contribution is 2.38. The second-order valence-corrected chi connectivity index (χ2v) is 6.19. The van der Waals surface area contributed by atoms with Gasteiger partial charge in [0.2, 0.25) is 0 Å². The van der Waals surface area contributed by atoms with Crippen LogP contribution < -0.4 is 5.32 Å². The molecule has 0 radical (unpaired) electrons. The van der Waals surface area contributed by atoms with Gasteiger partial charge < -0.3 is 19.3 Å². The number of aliphatic hydroxyl groups is 1. The zero-order valence-corrected chi connectivity index (χ0v) is 14.7. The van der Waals surface area contributed by atoms with Crippen LogP contribution in [0.3, 0.4) is 0 Å². The summed E-state index contributed by atoms with van der Waals surface area (Å²) in [5.41, 5.74) is 0.0178. The van der Waals surface area contributed by atoms with Crippen molar-refractivity contribution in [2.45, 2.75) is 57.3 Å². The summed E-state index contributed by atoms with van der Waals surface area (Å²) in [5.74, 6) is -0.335. The highest BCUT2D eigenvalue weighted by Gasteiger charge is 2.47. The molecule has 1 saturated heterocycles. The smallest absolute Gasteiger partial charge is 0.322 e. The van der Waals surface area contributed by atoms with Crippen LogP contribution in [0.1, 0.15) is 32.8 Å². The number of rotatable bonds is 6.